The first kappa shape index (κ1) is 11.9. The van der Waals surface area contributed by atoms with E-state index in [0.29, 0.717) is 11.7 Å². The van der Waals surface area contributed by atoms with E-state index >= 15 is 0 Å². The number of ether oxygens (including phenoxy) is 2. The molecule has 3 rings (SSSR count). The van der Waals surface area contributed by atoms with Crippen LogP contribution in [0.2, 0.25) is 0 Å². The lowest BCUT2D eigenvalue weighted by Gasteiger charge is -2.37. The molecular weight excluding hydrogens is 228 g/mol. The van der Waals surface area contributed by atoms with E-state index in [-0.39, 0.29) is 5.60 Å². The number of rotatable bonds is 1. The fourth-order valence-corrected chi connectivity index (χ4v) is 3.09. The Bertz CT molecular complexity index is 441. The summed E-state index contributed by atoms with van der Waals surface area (Å²) in [6.07, 6.45) is 4.86. The Morgan fingerprint density at radius 2 is 2.33 bits per heavy atom. The van der Waals surface area contributed by atoms with E-state index in [9.17, 15) is 0 Å². The summed E-state index contributed by atoms with van der Waals surface area (Å²) in [6.45, 7) is 4.39. The molecule has 0 amide bonds. The maximum absolute atomic E-state index is 6.02. The highest BCUT2D eigenvalue weighted by Gasteiger charge is 2.41. The molecule has 2 saturated heterocycles. The highest BCUT2D eigenvalue weighted by Crippen LogP contribution is 2.41. The smallest absolute Gasteiger partial charge is 0.126 e. The number of hydrogen-bond donors (Lipinski definition) is 1. The van der Waals surface area contributed by atoms with E-state index in [2.05, 4.69) is 18.0 Å². The van der Waals surface area contributed by atoms with Crippen LogP contribution in [0.5, 0.6) is 0 Å². The summed E-state index contributed by atoms with van der Waals surface area (Å²) < 4.78 is 11.5. The van der Waals surface area contributed by atoms with Gasteiger partial charge in [-0.3, -0.25) is 0 Å². The summed E-state index contributed by atoms with van der Waals surface area (Å²) in [6, 6.07) is 2.17. The average molecular weight is 248 g/mol. The van der Waals surface area contributed by atoms with Crippen molar-refractivity contribution in [3.8, 4) is 0 Å². The minimum Gasteiger partial charge on any atom is -0.383 e. The molecule has 0 aliphatic carbocycles. The molecule has 2 aliphatic rings. The van der Waals surface area contributed by atoms with Gasteiger partial charge in [0.05, 0.1) is 12.2 Å². The molecule has 0 bridgehead atoms. The molecule has 0 radical (unpaired) electrons. The van der Waals surface area contributed by atoms with E-state index in [1.54, 1.807) is 0 Å². The SMILES string of the molecule is Cc1cnc(N)c(C2CCOC3(CCOC3)C2)c1. The molecule has 0 saturated carbocycles. The topological polar surface area (TPSA) is 57.4 Å². The molecule has 4 heteroatoms. The Labute approximate surface area is 107 Å². The van der Waals surface area contributed by atoms with Gasteiger partial charge in [0.15, 0.2) is 0 Å². The molecule has 2 fully saturated rings. The number of nitrogens with zero attached hydrogens (tertiary/aromatic N) is 1. The molecule has 0 aromatic carbocycles. The van der Waals surface area contributed by atoms with Crippen molar-refractivity contribution in [2.45, 2.75) is 37.7 Å². The molecule has 2 atom stereocenters. The van der Waals surface area contributed by atoms with Crippen LogP contribution in [0.1, 0.15) is 36.3 Å². The second kappa shape index (κ2) is 4.52. The molecule has 3 heterocycles. The highest BCUT2D eigenvalue weighted by atomic mass is 16.6. The molecule has 2 unspecified atom stereocenters. The van der Waals surface area contributed by atoms with Crippen LogP contribution >= 0.6 is 0 Å². The van der Waals surface area contributed by atoms with Gasteiger partial charge in [-0.05, 0) is 36.8 Å². The Kier molecular flexibility index (Phi) is 2.99. The van der Waals surface area contributed by atoms with Crippen molar-refractivity contribution in [1.82, 2.24) is 4.98 Å². The van der Waals surface area contributed by atoms with Crippen molar-refractivity contribution in [3.05, 3.63) is 23.4 Å². The molecule has 1 aromatic rings. The van der Waals surface area contributed by atoms with Gasteiger partial charge in [-0.25, -0.2) is 4.98 Å². The standard InChI is InChI=1S/C14H20N2O2/c1-10-6-12(13(15)16-8-10)11-2-4-18-14(7-11)3-5-17-9-14/h6,8,11H,2-5,7,9H2,1H3,(H2,15,16). The largest absolute Gasteiger partial charge is 0.383 e. The molecular formula is C14H20N2O2. The molecule has 2 N–H and O–H groups in total. The quantitative estimate of drug-likeness (QED) is 0.826. The second-order valence-corrected chi connectivity index (χ2v) is 5.51. The van der Waals surface area contributed by atoms with E-state index in [4.69, 9.17) is 15.2 Å². The normalized spacial score (nSPS) is 31.9. The van der Waals surface area contributed by atoms with Crippen LogP contribution in [0.3, 0.4) is 0 Å². The maximum atomic E-state index is 6.02. The number of hydrogen-bond acceptors (Lipinski definition) is 4. The van der Waals surface area contributed by atoms with Gasteiger partial charge < -0.3 is 15.2 Å². The number of aromatic nitrogens is 1. The van der Waals surface area contributed by atoms with Crippen molar-refractivity contribution in [3.63, 3.8) is 0 Å². The van der Waals surface area contributed by atoms with Gasteiger partial charge in [-0.1, -0.05) is 6.07 Å². The molecule has 4 nitrogen and oxygen atoms in total. The third-order valence-corrected chi connectivity index (χ3v) is 4.09. The third-order valence-electron chi connectivity index (χ3n) is 4.09. The summed E-state index contributed by atoms with van der Waals surface area (Å²) in [4.78, 5) is 4.27. The fourth-order valence-electron chi connectivity index (χ4n) is 3.09. The Balaban J connectivity index is 1.85. The fraction of sp³-hybridized carbons (Fsp3) is 0.643. The number of pyridine rings is 1. The Morgan fingerprint density at radius 1 is 1.44 bits per heavy atom. The molecule has 1 aromatic heterocycles. The molecule has 98 valence electrons. The first-order valence-corrected chi connectivity index (χ1v) is 6.62. The molecule has 2 aliphatic heterocycles. The van der Waals surface area contributed by atoms with Crippen LogP contribution in [-0.2, 0) is 9.47 Å². The van der Waals surface area contributed by atoms with Gasteiger partial charge in [0, 0.05) is 25.8 Å². The minimum absolute atomic E-state index is 0.0703. The predicted molar refractivity (Wildman–Crippen MR) is 69.5 cm³/mol. The highest BCUT2D eigenvalue weighted by molar-refractivity contribution is 5.43. The van der Waals surface area contributed by atoms with Crippen molar-refractivity contribution >= 4 is 5.82 Å². The lowest BCUT2D eigenvalue weighted by Crippen LogP contribution is -2.39. The van der Waals surface area contributed by atoms with Crippen LogP contribution in [0.25, 0.3) is 0 Å². The number of nitrogens with two attached hydrogens (primary N) is 1. The first-order valence-electron chi connectivity index (χ1n) is 6.62. The van der Waals surface area contributed by atoms with Gasteiger partial charge in [0.1, 0.15) is 5.82 Å². The number of anilines is 1. The van der Waals surface area contributed by atoms with E-state index in [0.717, 1.165) is 39.1 Å². The zero-order chi connectivity index (χ0) is 12.6. The number of nitrogen functional groups attached to an aromatic ring is 1. The zero-order valence-corrected chi connectivity index (χ0v) is 10.8. The maximum Gasteiger partial charge on any atom is 0.126 e. The van der Waals surface area contributed by atoms with E-state index in [1.807, 2.05) is 6.20 Å². The van der Waals surface area contributed by atoms with Crippen LogP contribution < -0.4 is 5.73 Å². The predicted octanol–water partition coefficient (Wildman–Crippen LogP) is 2.03. The van der Waals surface area contributed by atoms with Crippen molar-refractivity contribution in [2.24, 2.45) is 0 Å². The van der Waals surface area contributed by atoms with Crippen LogP contribution in [0.4, 0.5) is 5.82 Å². The van der Waals surface area contributed by atoms with Gasteiger partial charge in [0.2, 0.25) is 0 Å². The van der Waals surface area contributed by atoms with Crippen LogP contribution in [0.15, 0.2) is 12.3 Å². The summed E-state index contributed by atoms with van der Waals surface area (Å²) in [5.74, 6) is 1.12. The van der Waals surface area contributed by atoms with Gasteiger partial charge >= 0.3 is 0 Å². The molecule has 18 heavy (non-hydrogen) atoms. The van der Waals surface area contributed by atoms with Crippen molar-refractivity contribution in [2.75, 3.05) is 25.6 Å². The van der Waals surface area contributed by atoms with Crippen LogP contribution in [0, 0.1) is 6.92 Å². The van der Waals surface area contributed by atoms with E-state index in [1.165, 1.54) is 11.1 Å². The van der Waals surface area contributed by atoms with Gasteiger partial charge in [-0.15, -0.1) is 0 Å². The summed E-state index contributed by atoms with van der Waals surface area (Å²) >= 11 is 0. The monoisotopic (exact) mass is 248 g/mol. The zero-order valence-electron chi connectivity index (χ0n) is 10.8. The Hall–Kier alpha value is -1.13. The lowest BCUT2D eigenvalue weighted by atomic mass is 9.81. The van der Waals surface area contributed by atoms with Crippen LogP contribution in [-0.4, -0.2) is 30.4 Å². The molecule has 1 spiro atoms. The van der Waals surface area contributed by atoms with E-state index < -0.39 is 0 Å². The summed E-state index contributed by atoms with van der Waals surface area (Å²) in [5, 5.41) is 0. The van der Waals surface area contributed by atoms with Gasteiger partial charge in [0.25, 0.3) is 0 Å². The Morgan fingerprint density at radius 3 is 3.11 bits per heavy atom. The van der Waals surface area contributed by atoms with Crippen molar-refractivity contribution in [1.29, 1.82) is 0 Å². The lowest BCUT2D eigenvalue weighted by molar-refractivity contribution is -0.0863. The minimum atomic E-state index is -0.0703. The third kappa shape index (κ3) is 2.10. The van der Waals surface area contributed by atoms with Gasteiger partial charge in [-0.2, -0.15) is 0 Å². The average Bonchev–Trinajstić information content (AvgIpc) is 2.80. The second-order valence-electron chi connectivity index (χ2n) is 5.51. The summed E-state index contributed by atoms with van der Waals surface area (Å²) in [5.41, 5.74) is 8.31. The van der Waals surface area contributed by atoms with Crippen molar-refractivity contribution < 1.29 is 9.47 Å². The summed E-state index contributed by atoms with van der Waals surface area (Å²) in [7, 11) is 0. The number of aryl methyl sites for hydroxylation is 1. The first-order chi connectivity index (χ1) is 8.69.